The number of carbonyl (C=O) groups is 2. The molecule has 3 nitrogen and oxygen atoms in total. The van der Waals surface area contributed by atoms with Gasteiger partial charge in [0.1, 0.15) is 11.4 Å². The molecular weight excluding hydrogens is 249 g/mol. The number of hydrogen-bond acceptors (Lipinski definition) is 2. The van der Waals surface area contributed by atoms with Gasteiger partial charge in [-0.3, -0.25) is 4.79 Å². The minimum atomic E-state index is -1.55. The SMILES string of the molecule is CC(=O)C(C(=O)O)=C(C)c1cc(F)c(F)cc1F. The summed E-state index contributed by atoms with van der Waals surface area (Å²) < 4.78 is 39.1. The Kier molecular flexibility index (Phi) is 3.90. The van der Waals surface area contributed by atoms with Crippen LogP contribution in [-0.4, -0.2) is 16.9 Å². The number of rotatable bonds is 3. The minimum absolute atomic E-state index is 0.258. The molecule has 0 saturated heterocycles. The van der Waals surface area contributed by atoms with E-state index in [2.05, 4.69) is 0 Å². The van der Waals surface area contributed by atoms with E-state index in [1.165, 1.54) is 0 Å². The number of ketones is 1. The zero-order chi connectivity index (χ0) is 14.0. The predicted octanol–water partition coefficient (Wildman–Crippen LogP) is 2.55. The van der Waals surface area contributed by atoms with Gasteiger partial charge in [-0.25, -0.2) is 18.0 Å². The number of aliphatic carboxylic acids is 1. The summed E-state index contributed by atoms with van der Waals surface area (Å²) in [6.07, 6.45) is 0. The summed E-state index contributed by atoms with van der Waals surface area (Å²) in [6.45, 7) is 2.14. The maximum atomic E-state index is 13.4. The van der Waals surface area contributed by atoms with Gasteiger partial charge in [0, 0.05) is 11.6 Å². The first-order valence-electron chi connectivity index (χ1n) is 4.85. The average molecular weight is 258 g/mol. The molecule has 0 bridgehead atoms. The van der Waals surface area contributed by atoms with Crippen molar-refractivity contribution in [2.45, 2.75) is 13.8 Å². The quantitative estimate of drug-likeness (QED) is 0.392. The van der Waals surface area contributed by atoms with Crippen LogP contribution in [0, 0.1) is 17.5 Å². The Balaban J connectivity index is 3.55. The monoisotopic (exact) mass is 258 g/mol. The molecule has 0 unspecified atom stereocenters. The van der Waals surface area contributed by atoms with Crippen LogP contribution in [-0.2, 0) is 9.59 Å². The second kappa shape index (κ2) is 5.03. The highest BCUT2D eigenvalue weighted by molar-refractivity contribution is 6.21. The van der Waals surface area contributed by atoms with Gasteiger partial charge in [0.05, 0.1) is 0 Å². The van der Waals surface area contributed by atoms with Crippen molar-refractivity contribution >= 4 is 17.3 Å². The molecule has 0 amide bonds. The summed E-state index contributed by atoms with van der Waals surface area (Å²) in [6, 6.07) is 0.819. The first-order valence-corrected chi connectivity index (χ1v) is 4.85. The summed E-state index contributed by atoms with van der Waals surface area (Å²) in [4.78, 5) is 22.0. The van der Waals surface area contributed by atoms with Crippen LogP contribution in [0.3, 0.4) is 0 Å². The Hall–Kier alpha value is -2.11. The first-order chi connectivity index (χ1) is 8.25. The van der Waals surface area contributed by atoms with Gasteiger partial charge in [0.15, 0.2) is 17.4 Å². The molecule has 0 fully saturated rings. The van der Waals surface area contributed by atoms with E-state index in [4.69, 9.17) is 5.11 Å². The topological polar surface area (TPSA) is 54.4 Å². The number of carboxylic acids is 1. The minimum Gasteiger partial charge on any atom is -0.478 e. The van der Waals surface area contributed by atoms with Crippen molar-refractivity contribution in [2.75, 3.05) is 0 Å². The van der Waals surface area contributed by atoms with Crippen molar-refractivity contribution in [2.24, 2.45) is 0 Å². The molecule has 0 saturated carbocycles. The summed E-state index contributed by atoms with van der Waals surface area (Å²) >= 11 is 0. The van der Waals surface area contributed by atoms with Crippen molar-refractivity contribution in [3.8, 4) is 0 Å². The number of carbonyl (C=O) groups excluding carboxylic acids is 1. The maximum Gasteiger partial charge on any atom is 0.339 e. The molecular formula is C12H9F3O3. The number of hydrogen-bond donors (Lipinski definition) is 1. The normalized spacial score (nSPS) is 12.1. The standard InChI is InChI=1S/C12H9F3O3/c1-5(11(6(2)16)12(17)18)7-3-9(14)10(15)4-8(7)13/h3-4H,1-2H3,(H,17,18). The third-order valence-electron chi connectivity index (χ3n) is 2.35. The highest BCUT2D eigenvalue weighted by Gasteiger charge is 2.20. The molecule has 0 radical (unpaired) electrons. The van der Waals surface area contributed by atoms with Gasteiger partial charge in [0.2, 0.25) is 0 Å². The van der Waals surface area contributed by atoms with Crippen LogP contribution in [0.5, 0.6) is 0 Å². The number of benzene rings is 1. The molecule has 0 aliphatic carbocycles. The summed E-state index contributed by atoms with van der Waals surface area (Å²) in [5.41, 5.74) is -1.38. The third-order valence-corrected chi connectivity index (χ3v) is 2.35. The largest absolute Gasteiger partial charge is 0.478 e. The molecule has 0 atom stereocenters. The summed E-state index contributed by atoms with van der Waals surface area (Å²) in [5.74, 6) is -6.19. The van der Waals surface area contributed by atoms with Crippen molar-refractivity contribution in [1.29, 1.82) is 0 Å². The van der Waals surface area contributed by atoms with Crippen LogP contribution >= 0.6 is 0 Å². The smallest absolute Gasteiger partial charge is 0.339 e. The molecule has 96 valence electrons. The molecule has 1 rings (SSSR count). The van der Waals surface area contributed by atoms with Crippen molar-refractivity contribution in [1.82, 2.24) is 0 Å². The fourth-order valence-electron chi connectivity index (χ4n) is 1.52. The highest BCUT2D eigenvalue weighted by Crippen LogP contribution is 2.24. The lowest BCUT2D eigenvalue weighted by Crippen LogP contribution is -2.11. The van der Waals surface area contributed by atoms with Gasteiger partial charge < -0.3 is 5.11 Å². The zero-order valence-corrected chi connectivity index (χ0v) is 9.55. The zero-order valence-electron chi connectivity index (χ0n) is 9.55. The van der Waals surface area contributed by atoms with E-state index in [1.54, 1.807) is 0 Å². The Bertz CT molecular complexity index is 546. The second-order valence-corrected chi connectivity index (χ2v) is 3.61. The first kappa shape index (κ1) is 14.0. The van der Waals surface area contributed by atoms with Gasteiger partial charge >= 0.3 is 5.97 Å². The molecule has 6 heteroatoms. The van der Waals surface area contributed by atoms with E-state index in [9.17, 15) is 22.8 Å². The number of Topliss-reactive ketones (excluding diaryl/α,β-unsaturated/α-hetero) is 1. The Morgan fingerprint density at radius 1 is 1.00 bits per heavy atom. The third kappa shape index (κ3) is 2.58. The van der Waals surface area contributed by atoms with Gasteiger partial charge in [-0.2, -0.15) is 0 Å². The lowest BCUT2D eigenvalue weighted by atomic mass is 9.98. The van der Waals surface area contributed by atoms with Crippen LogP contribution < -0.4 is 0 Å². The van der Waals surface area contributed by atoms with Gasteiger partial charge in [-0.15, -0.1) is 0 Å². The molecule has 0 aliphatic rings. The lowest BCUT2D eigenvalue weighted by Gasteiger charge is -2.08. The van der Waals surface area contributed by atoms with Crippen LogP contribution in [0.4, 0.5) is 13.2 Å². The van der Waals surface area contributed by atoms with Crippen molar-refractivity contribution in [3.05, 3.63) is 40.7 Å². The predicted molar refractivity (Wildman–Crippen MR) is 57.2 cm³/mol. The molecule has 1 aromatic carbocycles. The number of carboxylic acid groups (broad SMARTS) is 1. The molecule has 1 aromatic rings. The van der Waals surface area contributed by atoms with Gasteiger partial charge in [-0.05, 0) is 25.5 Å². The number of allylic oxidation sites excluding steroid dienone is 1. The summed E-state index contributed by atoms with van der Waals surface area (Å²) in [5, 5.41) is 8.82. The molecule has 18 heavy (non-hydrogen) atoms. The van der Waals surface area contributed by atoms with Crippen LogP contribution in [0.1, 0.15) is 19.4 Å². The van der Waals surface area contributed by atoms with E-state index < -0.39 is 40.3 Å². The second-order valence-electron chi connectivity index (χ2n) is 3.61. The van der Waals surface area contributed by atoms with Crippen LogP contribution in [0.15, 0.2) is 17.7 Å². The fraction of sp³-hybridized carbons (Fsp3) is 0.167. The lowest BCUT2D eigenvalue weighted by molar-refractivity contribution is -0.134. The van der Waals surface area contributed by atoms with E-state index in [1.807, 2.05) is 0 Å². The molecule has 0 aliphatic heterocycles. The van der Waals surface area contributed by atoms with Crippen LogP contribution in [0.2, 0.25) is 0 Å². The Morgan fingerprint density at radius 2 is 1.50 bits per heavy atom. The molecule has 0 spiro atoms. The van der Waals surface area contributed by atoms with E-state index in [0.29, 0.717) is 12.1 Å². The van der Waals surface area contributed by atoms with Crippen molar-refractivity contribution < 1.29 is 27.9 Å². The molecule has 0 aromatic heterocycles. The highest BCUT2D eigenvalue weighted by atomic mass is 19.2. The Morgan fingerprint density at radius 3 is 1.94 bits per heavy atom. The van der Waals surface area contributed by atoms with E-state index >= 15 is 0 Å². The molecule has 1 N–H and O–H groups in total. The van der Waals surface area contributed by atoms with Crippen LogP contribution in [0.25, 0.3) is 5.57 Å². The maximum absolute atomic E-state index is 13.4. The van der Waals surface area contributed by atoms with Crippen molar-refractivity contribution in [3.63, 3.8) is 0 Å². The molecule has 0 heterocycles. The summed E-state index contributed by atoms with van der Waals surface area (Å²) in [7, 11) is 0. The van der Waals surface area contributed by atoms with E-state index in [-0.39, 0.29) is 5.57 Å². The fourth-order valence-corrected chi connectivity index (χ4v) is 1.52. The van der Waals surface area contributed by atoms with Gasteiger partial charge in [0.25, 0.3) is 0 Å². The Labute approximate surface area is 101 Å². The van der Waals surface area contributed by atoms with Gasteiger partial charge in [-0.1, -0.05) is 0 Å². The number of halogens is 3. The average Bonchev–Trinajstić information content (AvgIpc) is 2.22. The van der Waals surface area contributed by atoms with E-state index in [0.717, 1.165) is 13.8 Å².